The Kier molecular flexibility index (Phi) is 4.44. The molecule has 1 saturated heterocycles. The molecule has 1 fully saturated rings. The minimum absolute atomic E-state index is 0.128. The van der Waals surface area contributed by atoms with Crippen LogP contribution in [0.5, 0.6) is 0 Å². The third kappa shape index (κ3) is 3.62. The van der Waals surface area contributed by atoms with Gasteiger partial charge in [-0.05, 0) is 31.0 Å². The first-order valence-electron chi connectivity index (χ1n) is 6.08. The molecule has 1 heterocycles. The van der Waals surface area contributed by atoms with Gasteiger partial charge in [0.2, 0.25) is 5.91 Å². The molecule has 18 heavy (non-hydrogen) atoms. The third-order valence-electron chi connectivity index (χ3n) is 2.84. The van der Waals surface area contributed by atoms with Gasteiger partial charge >= 0.3 is 0 Å². The highest BCUT2D eigenvalue weighted by Gasteiger charge is 2.14. The molecule has 0 aromatic heterocycles. The summed E-state index contributed by atoms with van der Waals surface area (Å²) in [7, 11) is 0. The molecule has 0 bridgehead atoms. The lowest BCUT2D eigenvalue weighted by Gasteiger charge is -2.13. The average Bonchev–Trinajstić information content (AvgIpc) is 2.82. The van der Waals surface area contributed by atoms with Crippen molar-refractivity contribution in [3.05, 3.63) is 23.2 Å². The van der Waals surface area contributed by atoms with Gasteiger partial charge in [0.25, 0.3) is 0 Å². The molecule has 1 amide bonds. The Morgan fingerprint density at radius 2 is 2.39 bits per heavy atom. The first kappa shape index (κ1) is 13.2. The van der Waals surface area contributed by atoms with Crippen LogP contribution in [0.1, 0.15) is 19.8 Å². The van der Waals surface area contributed by atoms with Gasteiger partial charge in [0.1, 0.15) is 0 Å². The van der Waals surface area contributed by atoms with E-state index in [0.717, 1.165) is 31.7 Å². The molecule has 1 aromatic rings. The number of rotatable bonds is 4. The van der Waals surface area contributed by atoms with Crippen molar-refractivity contribution in [2.24, 2.45) is 0 Å². The predicted octanol–water partition coefficient (Wildman–Crippen LogP) is 2.89. The van der Waals surface area contributed by atoms with E-state index in [1.165, 1.54) is 6.92 Å². The van der Waals surface area contributed by atoms with E-state index in [9.17, 15) is 4.79 Å². The number of hydrogen-bond acceptors (Lipinski definition) is 3. The summed E-state index contributed by atoms with van der Waals surface area (Å²) in [6, 6.07) is 5.50. The first-order chi connectivity index (χ1) is 8.65. The molecule has 2 rings (SSSR count). The standard InChI is InChI=1S/C13H17ClN2O2/c1-9(17)16-13-5-4-10(7-12(13)14)15-8-11-3-2-6-18-11/h4-5,7,11,15H,2-3,6,8H2,1H3,(H,16,17). The van der Waals surface area contributed by atoms with Crippen molar-refractivity contribution in [3.63, 3.8) is 0 Å². The minimum Gasteiger partial charge on any atom is -0.382 e. The summed E-state index contributed by atoms with van der Waals surface area (Å²) in [6.07, 6.45) is 2.53. The van der Waals surface area contributed by atoms with Gasteiger partial charge < -0.3 is 15.4 Å². The molecular weight excluding hydrogens is 252 g/mol. The average molecular weight is 269 g/mol. The fraction of sp³-hybridized carbons (Fsp3) is 0.462. The normalized spacial score (nSPS) is 18.7. The molecule has 1 atom stereocenters. The predicted molar refractivity (Wildman–Crippen MR) is 73.2 cm³/mol. The van der Waals surface area contributed by atoms with Crippen LogP contribution in [0.4, 0.5) is 11.4 Å². The Morgan fingerprint density at radius 1 is 1.56 bits per heavy atom. The Morgan fingerprint density at radius 3 is 3.00 bits per heavy atom. The van der Waals surface area contributed by atoms with E-state index < -0.39 is 0 Å². The maximum absolute atomic E-state index is 10.9. The van der Waals surface area contributed by atoms with Crippen LogP contribution in [0.2, 0.25) is 5.02 Å². The Labute approximate surface area is 112 Å². The van der Waals surface area contributed by atoms with Crippen molar-refractivity contribution in [1.82, 2.24) is 0 Å². The van der Waals surface area contributed by atoms with Crippen LogP contribution in [-0.4, -0.2) is 25.2 Å². The van der Waals surface area contributed by atoms with E-state index in [-0.39, 0.29) is 5.91 Å². The molecule has 1 aliphatic rings. The van der Waals surface area contributed by atoms with Crippen LogP contribution in [0.3, 0.4) is 0 Å². The van der Waals surface area contributed by atoms with Crippen molar-refractivity contribution < 1.29 is 9.53 Å². The Hall–Kier alpha value is -1.26. The number of anilines is 2. The number of halogens is 1. The van der Waals surface area contributed by atoms with Crippen LogP contribution in [0.25, 0.3) is 0 Å². The van der Waals surface area contributed by atoms with E-state index in [1.54, 1.807) is 6.07 Å². The van der Waals surface area contributed by atoms with Gasteiger partial charge in [-0.1, -0.05) is 11.6 Å². The second-order valence-corrected chi connectivity index (χ2v) is 4.80. The van der Waals surface area contributed by atoms with E-state index in [1.807, 2.05) is 12.1 Å². The third-order valence-corrected chi connectivity index (χ3v) is 3.15. The maximum Gasteiger partial charge on any atom is 0.221 e. The molecule has 4 nitrogen and oxygen atoms in total. The van der Waals surface area contributed by atoms with Gasteiger partial charge in [0.05, 0.1) is 16.8 Å². The molecule has 1 aromatic carbocycles. The van der Waals surface area contributed by atoms with Gasteiger partial charge in [-0.15, -0.1) is 0 Å². The highest BCUT2D eigenvalue weighted by atomic mass is 35.5. The molecule has 0 saturated carbocycles. The summed E-state index contributed by atoms with van der Waals surface area (Å²) in [4.78, 5) is 10.9. The summed E-state index contributed by atoms with van der Waals surface area (Å²) in [5.41, 5.74) is 1.57. The van der Waals surface area contributed by atoms with Gasteiger partial charge in [-0.2, -0.15) is 0 Å². The molecule has 98 valence electrons. The van der Waals surface area contributed by atoms with Gasteiger partial charge in [-0.3, -0.25) is 4.79 Å². The Bertz CT molecular complexity index is 431. The lowest BCUT2D eigenvalue weighted by molar-refractivity contribution is -0.114. The fourth-order valence-electron chi connectivity index (χ4n) is 1.95. The molecule has 2 N–H and O–H groups in total. The number of ether oxygens (including phenoxy) is 1. The number of benzene rings is 1. The lowest BCUT2D eigenvalue weighted by Crippen LogP contribution is -2.18. The molecule has 0 aliphatic carbocycles. The Balaban J connectivity index is 1.93. The van der Waals surface area contributed by atoms with Crippen LogP contribution >= 0.6 is 11.6 Å². The summed E-state index contributed by atoms with van der Waals surface area (Å²) in [5.74, 6) is -0.128. The van der Waals surface area contributed by atoms with Crippen LogP contribution in [-0.2, 0) is 9.53 Å². The molecule has 5 heteroatoms. The second-order valence-electron chi connectivity index (χ2n) is 4.39. The monoisotopic (exact) mass is 268 g/mol. The maximum atomic E-state index is 10.9. The fourth-order valence-corrected chi connectivity index (χ4v) is 2.18. The highest BCUT2D eigenvalue weighted by molar-refractivity contribution is 6.34. The van der Waals surface area contributed by atoms with Crippen molar-refractivity contribution in [1.29, 1.82) is 0 Å². The van der Waals surface area contributed by atoms with E-state index in [4.69, 9.17) is 16.3 Å². The van der Waals surface area contributed by atoms with Crippen LogP contribution < -0.4 is 10.6 Å². The number of hydrogen-bond donors (Lipinski definition) is 2. The van der Waals surface area contributed by atoms with E-state index in [0.29, 0.717) is 16.8 Å². The van der Waals surface area contributed by atoms with Crippen LogP contribution in [0, 0.1) is 0 Å². The zero-order valence-corrected chi connectivity index (χ0v) is 11.1. The van der Waals surface area contributed by atoms with E-state index in [2.05, 4.69) is 10.6 Å². The van der Waals surface area contributed by atoms with Crippen molar-refractivity contribution in [3.8, 4) is 0 Å². The number of nitrogens with one attached hydrogen (secondary N) is 2. The number of carbonyl (C=O) groups excluding carboxylic acids is 1. The molecule has 1 aliphatic heterocycles. The van der Waals surface area contributed by atoms with Crippen molar-refractivity contribution in [2.75, 3.05) is 23.8 Å². The summed E-state index contributed by atoms with van der Waals surface area (Å²) >= 11 is 6.08. The SMILES string of the molecule is CC(=O)Nc1ccc(NCC2CCCO2)cc1Cl. The van der Waals surface area contributed by atoms with Crippen molar-refractivity contribution >= 4 is 28.9 Å². The van der Waals surface area contributed by atoms with Crippen LogP contribution in [0.15, 0.2) is 18.2 Å². The summed E-state index contributed by atoms with van der Waals surface area (Å²) < 4.78 is 5.53. The first-order valence-corrected chi connectivity index (χ1v) is 6.45. The second kappa shape index (κ2) is 6.07. The number of carbonyl (C=O) groups is 1. The smallest absolute Gasteiger partial charge is 0.221 e. The zero-order chi connectivity index (χ0) is 13.0. The summed E-state index contributed by atoms with van der Waals surface area (Å²) in [6.45, 7) is 3.10. The molecule has 0 spiro atoms. The zero-order valence-electron chi connectivity index (χ0n) is 10.3. The minimum atomic E-state index is -0.128. The van der Waals surface area contributed by atoms with Crippen molar-refractivity contribution in [2.45, 2.75) is 25.9 Å². The lowest BCUT2D eigenvalue weighted by atomic mass is 10.2. The van der Waals surface area contributed by atoms with Gasteiger partial charge in [0, 0.05) is 25.8 Å². The molecule has 1 unspecified atom stereocenters. The van der Waals surface area contributed by atoms with Gasteiger partial charge in [-0.25, -0.2) is 0 Å². The largest absolute Gasteiger partial charge is 0.382 e. The quantitative estimate of drug-likeness (QED) is 0.883. The van der Waals surface area contributed by atoms with Gasteiger partial charge in [0.15, 0.2) is 0 Å². The topological polar surface area (TPSA) is 50.4 Å². The summed E-state index contributed by atoms with van der Waals surface area (Å²) in [5, 5.41) is 6.49. The highest BCUT2D eigenvalue weighted by Crippen LogP contribution is 2.25. The van der Waals surface area contributed by atoms with E-state index >= 15 is 0 Å². The molecule has 0 radical (unpaired) electrons. The number of amides is 1. The molecular formula is C13H17ClN2O2.